The predicted octanol–water partition coefficient (Wildman–Crippen LogP) is 1.27. The van der Waals surface area contributed by atoms with Crippen molar-refractivity contribution >= 4 is 35.0 Å². The highest BCUT2D eigenvalue weighted by Gasteiger charge is 2.44. The van der Waals surface area contributed by atoms with Gasteiger partial charge in [0, 0.05) is 19.9 Å². The van der Waals surface area contributed by atoms with Crippen LogP contribution in [-0.4, -0.2) is 63.4 Å². The van der Waals surface area contributed by atoms with Crippen molar-refractivity contribution in [1.29, 1.82) is 0 Å². The Morgan fingerprint density at radius 3 is 2.31 bits per heavy atom. The molecule has 1 fully saturated rings. The van der Waals surface area contributed by atoms with Crippen molar-refractivity contribution < 1.29 is 24.3 Å². The second-order valence-electron chi connectivity index (χ2n) is 10.1. The Hall–Kier alpha value is -3.31. The number of hydrogen-bond donors (Lipinski definition) is 4. The average molecular weight is 516 g/mol. The Bertz CT molecular complexity index is 1140. The van der Waals surface area contributed by atoms with Gasteiger partial charge in [0.05, 0.1) is 22.2 Å². The highest BCUT2D eigenvalue weighted by molar-refractivity contribution is 7.13. The van der Waals surface area contributed by atoms with Gasteiger partial charge in [0.2, 0.25) is 23.6 Å². The van der Waals surface area contributed by atoms with E-state index in [9.17, 15) is 24.3 Å². The molecule has 36 heavy (non-hydrogen) atoms. The monoisotopic (exact) mass is 515 g/mol. The summed E-state index contributed by atoms with van der Waals surface area (Å²) in [6.07, 6.45) is -0.916. The molecular formula is C25H33N5O5S. The number of primary amides is 1. The minimum Gasteiger partial charge on any atom is -0.391 e. The van der Waals surface area contributed by atoms with E-state index in [1.165, 1.54) is 23.2 Å². The number of nitrogens with zero attached hydrogens (tertiary/aromatic N) is 2. The molecule has 1 saturated heterocycles. The molecule has 4 amide bonds. The van der Waals surface area contributed by atoms with E-state index >= 15 is 0 Å². The number of likely N-dealkylation sites (tertiary alicyclic amines) is 1. The zero-order valence-corrected chi connectivity index (χ0v) is 21.9. The minimum absolute atomic E-state index is 0.00355. The van der Waals surface area contributed by atoms with Crippen LogP contribution in [0.15, 0.2) is 29.8 Å². The van der Waals surface area contributed by atoms with Gasteiger partial charge in [-0.15, -0.1) is 11.3 Å². The number of nitrogens with two attached hydrogens (primary N) is 1. The average Bonchev–Trinajstić information content (AvgIpc) is 3.40. The maximum Gasteiger partial charge on any atom is 0.246 e. The maximum atomic E-state index is 13.4. The summed E-state index contributed by atoms with van der Waals surface area (Å²) in [6.45, 7) is 8.56. The zero-order valence-electron chi connectivity index (χ0n) is 21.1. The van der Waals surface area contributed by atoms with E-state index in [0.29, 0.717) is 5.56 Å². The normalized spacial score (nSPS) is 19.4. The summed E-state index contributed by atoms with van der Waals surface area (Å²) in [7, 11) is 0. The summed E-state index contributed by atoms with van der Waals surface area (Å²) in [5.74, 6) is -2.22. The first-order valence-electron chi connectivity index (χ1n) is 11.6. The fourth-order valence-electron chi connectivity index (χ4n) is 4.29. The van der Waals surface area contributed by atoms with Gasteiger partial charge >= 0.3 is 0 Å². The highest BCUT2D eigenvalue weighted by atomic mass is 32.1. The number of hydrogen-bond acceptors (Lipinski definition) is 7. The summed E-state index contributed by atoms with van der Waals surface area (Å²) in [5.41, 5.74) is 9.05. The summed E-state index contributed by atoms with van der Waals surface area (Å²) < 4.78 is 0. The molecule has 0 bridgehead atoms. The van der Waals surface area contributed by atoms with Crippen LogP contribution in [-0.2, 0) is 19.2 Å². The number of β-amino-alcohol motifs (C(OH)–C–C–N with tert-alkyl or cyclic N) is 1. The van der Waals surface area contributed by atoms with Gasteiger partial charge in [-0.1, -0.05) is 45.0 Å². The number of carbonyl (C=O) groups is 4. The van der Waals surface area contributed by atoms with Gasteiger partial charge in [-0.3, -0.25) is 19.2 Å². The molecule has 0 spiro atoms. The van der Waals surface area contributed by atoms with Crippen molar-refractivity contribution in [2.75, 3.05) is 6.54 Å². The smallest absolute Gasteiger partial charge is 0.246 e. The molecule has 3 rings (SSSR count). The van der Waals surface area contributed by atoms with Crippen molar-refractivity contribution in [3.05, 3.63) is 41.0 Å². The Kier molecular flexibility index (Phi) is 8.15. The molecule has 0 unspecified atom stereocenters. The number of benzene rings is 1. The fraction of sp³-hybridized carbons (Fsp3) is 0.480. The maximum absolute atomic E-state index is 13.4. The van der Waals surface area contributed by atoms with Crippen LogP contribution in [0.3, 0.4) is 0 Å². The summed E-state index contributed by atoms with van der Waals surface area (Å²) in [5, 5.41) is 15.6. The number of aliphatic hydroxyl groups excluding tert-OH is 1. The number of carbonyl (C=O) groups excluding carboxylic acids is 4. The number of aromatic nitrogens is 1. The number of aliphatic hydroxyl groups is 1. The molecule has 11 heteroatoms. The minimum atomic E-state index is -1.13. The fourth-order valence-corrected chi connectivity index (χ4v) is 5.10. The van der Waals surface area contributed by atoms with Gasteiger partial charge in [-0.25, -0.2) is 4.98 Å². The van der Waals surface area contributed by atoms with Crippen LogP contribution in [0.5, 0.6) is 0 Å². The molecule has 1 aliphatic heterocycles. The molecule has 0 saturated carbocycles. The molecular weight excluding hydrogens is 482 g/mol. The van der Waals surface area contributed by atoms with E-state index in [0.717, 1.165) is 16.1 Å². The molecule has 4 atom stereocenters. The molecule has 2 heterocycles. The predicted molar refractivity (Wildman–Crippen MR) is 136 cm³/mol. The molecule has 10 nitrogen and oxygen atoms in total. The van der Waals surface area contributed by atoms with Crippen LogP contribution >= 0.6 is 11.3 Å². The lowest BCUT2D eigenvalue weighted by Gasteiger charge is -2.35. The van der Waals surface area contributed by atoms with Crippen LogP contribution in [0, 0.1) is 12.3 Å². The Morgan fingerprint density at radius 2 is 1.81 bits per heavy atom. The molecule has 5 N–H and O–H groups in total. The number of aryl methyl sites for hydroxylation is 1. The van der Waals surface area contributed by atoms with Crippen LogP contribution < -0.4 is 16.4 Å². The summed E-state index contributed by atoms with van der Waals surface area (Å²) >= 11 is 1.50. The highest BCUT2D eigenvalue weighted by Crippen LogP contribution is 2.29. The first-order valence-corrected chi connectivity index (χ1v) is 12.5. The Morgan fingerprint density at radius 1 is 1.17 bits per heavy atom. The first-order chi connectivity index (χ1) is 16.8. The molecule has 2 aromatic rings. The first kappa shape index (κ1) is 27.3. The van der Waals surface area contributed by atoms with Crippen LogP contribution in [0.25, 0.3) is 10.4 Å². The second-order valence-corrected chi connectivity index (χ2v) is 11.0. The molecule has 1 aromatic carbocycles. The van der Waals surface area contributed by atoms with Gasteiger partial charge in [0.25, 0.3) is 0 Å². The standard InChI is InChI=1S/C25H33N5O5S/c1-13-20(36-12-27-13)16-8-6-15(7-9-16)19(22(26)33)29-23(34)18-10-17(32)11-30(18)24(35)21(25(3,4)5)28-14(2)31/h6-9,12,17-19,21,32H,10-11H2,1-5H3,(H2,26,33)(H,28,31)(H,29,34)/t17-,18+,19+,21-/m1/s1. The third-order valence-corrected chi connectivity index (χ3v) is 7.13. The van der Waals surface area contributed by atoms with E-state index in [4.69, 9.17) is 5.73 Å². The molecule has 194 valence electrons. The zero-order chi connectivity index (χ0) is 26.8. The summed E-state index contributed by atoms with van der Waals surface area (Å²) in [4.78, 5) is 57.2. The lowest BCUT2D eigenvalue weighted by molar-refractivity contribution is -0.144. The lowest BCUT2D eigenvalue weighted by atomic mass is 9.85. The molecule has 0 radical (unpaired) electrons. The van der Waals surface area contributed by atoms with E-state index in [1.54, 1.807) is 38.4 Å². The topological polar surface area (TPSA) is 155 Å². The van der Waals surface area contributed by atoms with Crippen molar-refractivity contribution in [1.82, 2.24) is 20.5 Å². The Labute approximate surface area is 214 Å². The summed E-state index contributed by atoms with van der Waals surface area (Å²) in [6, 6.07) is 4.03. The van der Waals surface area contributed by atoms with Crippen LogP contribution in [0.4, 0.5) is 0 Å². The van der Waals surface area contributed by atoms with Crippen molar-refractivity contribution in [3.63, 3.8) is 0 Å². The van der Waals surface area contributed by atoms with E-state index in [-0.39, 0.29) is 18.9 Å². The largest absolute Gasteiger partial charge is 0.391 e. The molecule has 1 aliphatic rings. The second kappa shape index (κ2) is 10.8. The number of rotatable bonds is 7. The van der Waals surface area contributed by atoms with E-state index in [2.05, 4.69) is 15.6 Å². The van der Waals surface area contributed by atoms with Crippen LogP contribution in [0.2, 0.25) is 0 Å². The number of nitrogens with one attached hydrogen (secondary N) is 2. The third kappa shape index (κ3) is 6.08. The SMILES string of the molecule is CC(=O)N[C@H](C(=O)N1C[C@H](O)C[C@H]1C(=O)N[C@H](C(N)=O)c1ccc(-c2scnc2C)cc1)C(C)(C)C. The number of thiazole rings is 1. The molecule has 0 aliphatic carbocycles. The molecule has 1 aromatic heterocycles. The van der Waals surface area contributed by atoms with Gasteiger partial charge in [-0.2, -0.15) is 0 Å². The number of amides is 4. The van der Waals surface area contributed by atoms with Crippen molar-refractivity contribution in [3.8, 4) is 10.4 Å². The van der Waals surface area contributed by atoms with Gasteiger partial charge in [0.15, 0.2) is 0 Å². The Balaban J connectivity index is 1.81. The van der Waals surface area contributed by atoms with Gasteiger partial charge < -0.3 is 26.4 Å². The van der Waals surface area contributed by atoms with Gasteiger partial charge in [-0.05, 0) is 23.5 Å². The van der Waals surface area contributed by atoms with Gasteiger partial charge in [0.1, 0.15) is 18.1 Å². The van der Waals surface area contributed by atoms with E-state index in [1.807, 2.05) is 19.1 Å². The lowest BCUT2D eigenvalue weighted by Crippen LogP contribution is -2.57. The van der Waals surface area contributed by atoms with Crippen molar-refractivity contribution in [2.45, 2.75) is 65.3 Å². The third-order valence-electron chi connectivity index (χ3n) is 6.15. The van der Waals surface area contributed by atoms with E-state index < -0.39 is 47.4 Å². The van der Waals surface area contributed by atoms with Crippen molar-refractivity contribution in [2.24, 2.45) is 11.1 Å². The van der Waals surface area contributed by atoms with Crippen LogP contribution in [0.1, 0.15) is 51.4 Å². The quantitative estimate of drug-likeness (QED) is 0.435.